The Kier molecular flexibility index (Phi) is 7.62. The molecule has 0 saturated carbocycles. The van der Waals surface area contributed by atoms with Gasteiger partial charge < -0.3 is 10.2 Å². The Morgan fingerprint density at radius 1 is 0.853 bits per heavy atom. The summed E-state index contributed by atoms with van der Waals surface area (Å²) in [4.78, 5) is 17.6. The predicted octanol–water partition coefficient (Wildman–Crippen LogP) is 3.16. The van der Waals surface area contributed by atoms with E-state index in [9.17, 15) is 13.2 Å². The van der Waals surface area contributed by atoms with Crippen LogP contribution in [0.4, 0.5) is 5.69 Å². The first kappa shape index (κ1) is 23.9. The monoisotopic (exact) mass is 478 g/mol. The minimum atomic E-state index is -3.67. The molecule has 3 aromatic carbocycles. The highest BCUT2D eigenvalue weighted by molar-refractivity contribution is 7.92. The van der Waals surface area contributed by atoms with Crippen molar-refractivity contribution in [3.05, 3.63) is 95.6 Å². The highest BCUT2D eigenvalue weighted by atomic mass is 32.2. The van der Waals surface area contributed by atoms with Crippen molar-refractivity contribution < 1.29 is 13.2 Å². The number of anilines is 1. The van der Waals surface area contributed by atoms with E-state index in [1.165, 1.54) is 17.7 Å². The van der Waals surface area contributed by atoms with Crippen LogP contribution >= 0.6 is 0 Å². The highest BCUT2D eigenvalue weighted by Crippen LogP contribution is 2.17. The number of nitrogens with zero attached hydrogens (tertiary/aromatic N) is 2. The number of sulfonamides is 1. The van der Waals surface area contributed by atoms with Crippen LogP contribution in [0.5, 0.6) is 0 Å². The van der Waals surface area contributed by atoms with Gasteiger partial charge in [-0.05, 0) is 54.6 Å². The third-order valence-electron chi connectivity index (χ3n) is 5.90. The summed E-state index contributed by atoms with van der Waals surface area (Å²) in [6.07, 6.45) is 0. The molecule has 0 aromatic heterocycles. The average molecular weight is 479 g/mol. The molecule has 1 heterocycles. The van der Waals surface area contributed by atoms with Crippen LogP contribution in [-0.4, -0.2) is 57.4 Å². The van der Waals surface area contributed by atoms with Crippen LogP contribution in [0.15, 0.2) is 83.8 Å². The van der Waals surface area contributed by atoms with Gasteiger partial charge in [-0.25, -0.2) is 8.42 Å². The molecule has 4 rings (SSSR count). The zero-order valence-corrected chi connectivity index (χ0v) is 20.1. The van der Waals surface area contributed by atoms with Crippen molar-refractivity contribution in [3.63, 3.8) is 0 Å². The van der Waals surface area contributed by atoms with E-state index in [-0.39, 0.29) is 10.8 Å². The standard InChI is InChI=1S/C26H30N4O3S/c1-29-14-16-30(17-15-29)20-22-7-5-6-21(18-22)19-27-26(31)23-10-12-24(13-11-23)28-34(32,33)25-8-3-2-4-9-25/h2-13,18,28H,14-17,19-20H2,1H3,(H,27,31). The Balaban J connectivity index is 1.31. The number of nitrogens with one attached hydrogen (secondary N) is 2. The lowest BCUT2D eigenvalue weighted by Gasteiger charge is -2.32. The van der Waals surface area contributed by atoms with Crippen LogP contribution in [0.25, 0.3) is 0 Å². The summed E-state index contributed by atoms with van der Waals surface area (Å²) in [5.74, 6) is -0.207. The van der Waals surface area contributed by atoms with Gasteiger partial charge in [-0.2, -0.15) is 0 Å². The molecule has 2 N–H and O–H groups in total. The summed E-state index contributed by atoms with van der Waals surface area (Å²) in [7, 11) is -1.52. The maximum Gasteiger partial charge on any atom is 0.261 e. The normalized spacial score (nSPS) is 15.1. The summed E-state index contributed by atoms with van der Waals surface area (Å²) in [6, 6.07) is 22.9. The summed E-state index contributed by atoms with van der Waals surface area (Å²) in [6.45, 7) is 5.64. The van der Waals surface area contributed by atoms with Crippen molar-refractivity contribution in [3.8, 4) is 0 Å². The number of piperazine rings is 1. The van der Waals surface area contributed by atoms with Crippen LogP contribution in [0.2, 0.25) is 0 Å². The van der Waals surface area contributed by atoms with Crippen molar-refractivity contribution in [2.45, 2.75) is 18.0 Å². The second kappa shape index (κ2) is 10.8. The number of rotatable bonds is 8. The van der Waals surface area contributed by atoms with Crippen LogP contribution in [-0.2, 0) is 23.1 Å². The molecule has 1 fully saturated rings. The van der Waals surface area contributed by atoms with Crippen molar-refractivity contribution in [2.75, 3.05) is 37.9 Å². The topological polar surface area (TPSA) is 81.8 Å². The fourth-order valence-corrected chi connectivity index (χ4v) is 4.97. The Bertz CT molecular complexity index is 1210. The number of hydrogen-bond acceptors (Lipinski definition) is 5. The largest absolute Gasteiger partial charge is 0.348 e. The first-order chi connectivity index (χ1) is 16.4. The number of amides is 1. The van der Waals surface area contributed by atoms with E-state index >= 15 is 0 Å². The second-order valence-corrected chi connectivity index (χ2v) is 10.3. The van der Waals surface area contributed by atoms with Gasteiger partial charge in [0.15, 0.2) is 0 Å². The number of carbonyl (C=O) groups excluding carboxylic acids is 1. The van der Waals surface area contributed by atoms with Gasteiger partial charge >= 0.3 is 0 Å². The third kappa shape index (κ3) is 6.44. The molecule has 1 aliphatic heterocycles. The third-order valence-corrected chi connectivity index (χ3v) is 7.30. The number of benzene rings is 3. The van der Waals surface area contributed by atoms with Gasteiger partial charge in [-0.15, -0.1) is 0 Å². The molecule has 0 spiro atoms. The van der Waals surface area contributed by atoms with Crippen molar-refractivity contribution >= 4 is 21.6 Å². The zero-order chi connectivity index (χ0) is 24.0. The Hall–Kier alpha value is -3.20. The quantitative estimate of drug-likeness (QED) is 0.520. The molecule has 0 unspecified atom stereocenters. The van der Waals surface area contributed by atoms with Gasteiger partial charge in [-0.3, -0.25) is 14.4 Å². The molecule has 0 bridgehead atoms. The molecule has 34 heavy (non-hydrogen) atoms. The summed E-state index contributed by atoms with van der Waals surface area (Å²) in [5.41, 5.74) is 3.16. The minimum Gasteiger partial charge on any atom is -0.348 e. The smallest absolute Gasteiger partial charge is 0.261 e. The first-order valence-electron chi connectivity index (χ1n) is 11.3. The summed E-state index contributed by atoms with van der Waals surface area (Å²) < 4.78 is 27.4. The average Bonchev–Trinajstić information content (AvgIpc) is 2.85. The van der Waals surface area contributed by atoms with E-state index in [0.29, 0.717) is 17.8 Å². The summed E-state index contributed by atoms with van der Waals surface area (Å²) in [5, 5.41) is 2.95. The molecule has 178 valence electrons. The molecule has 1 saturated heterocycles. The maximum atomic E-state index is 12.6. The molecule has 0 aliphatic carbocycles. The highest BCUT2D eigenvalue weighted by Gasteiger charge is 2.15. The van der Waals surface area contributed by atoms with Gasteiger partial charge in [0, 0.05) is 50.5 Å². The van der Waals surface area contributed by atoms with Crippen LogP contribution in [0.1, 0.15) is 21.5 Å². The zero-order valence-electron chi connectivity index (χ0n) is 19.3. The molecule has 0 atom stereocenters. The van der Waals surface area contributed by atoms with Gasteiger partial charge in [0.2, 0.25) is 0 Å². The summed E-state index contributed by atoms with van der Waals surface area (Å²) >= 11 is 0. The first-order valence-corrected chi connectivity index (χ1v) is 12.8. The Labute approximate surface area is 201 Å². The van der Waals surface area contributed by atoms with E-state index < -0.39 is 10.0 Å². The number of likely N-dealkylation sites (N-methyl/N-ethyl adjacent to an activating group) is 1. The SMILES string of the molecule is CN1CCN(Cc2cccc(CNC(=O)c3ccc(NS(=O)(=O)c4ccccc4)cc3)c2)CC1. The van der Waals surface area contributed by atoms with Crippen LogP contribution in [0, 0.1) is 0 Å². The van der Waals surface area contributed by atoms with Crippen LogP contribution in [0.3, 0.4) is 0 Å². The lowest BCUT2D eigenvalue weighted by Crippen LogP contribution is -2.43. The van der Waals surface area contributed by atoms with Crippen molar-refractivity contribution in [1.29, 1.82) is 0 Å². The minimum absolute atomic E-state index is 0.187. The van der Waals surface area contributed by atoms with E-state index in [1.807, 2.05) is 12.1 Å². The number of carbonyl (C=O) groups is 1. The Morgan fingerprint density at radius 3 is 2.24 bits per heavy atom. The fourth-order valence-electron chi connectivity index (χ4n) is 3.89. The molecule has 1 aliphatic rings. The van der Waals surface area contributed by atoms with E-state index in [4.69, 9.17) is 0 Å². The molecular weight excluding hydrogens is 448 g/mol. The predicted molar refractivity (Wildman–Crippen MR) is 134 cm³/mol. The number of hydrogen-bond donors (Lipinski definition) is 2. The van der Waals surface area contributed by atoms with E-state index in [2.05, 4.69) is 39.0 Å². The fraction of sp³-hybridized carbons (Fsp3) is 0.269. The van der Waals surface area contributed by atoms with Crippen molar-refractivity contribution in [1.82, 2.24) is 15.1 Å². The van der Waals surface area contributed by atoms with Gasteiger partial charge in [-0.1, -0.05) is 42.5 Å². The molecule has 8 heteroatoms. The van der Waals surface area contributed by atoms with Gasteiger partial charge in [0.1, 0.15) is 0 Å². The molecule has 1 amide bonds. The molecule has 7 nitrogen and oxygen atoms in total. The lowest BCUT2D eigenvalue weighted by molar-refractivity contribution is 0.0951. The Morgan fingerprint density at radius 2 is 1.53 bits per heavy atom. The second-order valence-electron chi connectivity index (χ2n) is 8.58. The lowest BCUT2D eigenvalue weighted by atomic mass is 10.1. The maximum absolute atomic E-state index is 12.6. The van der Waals surface area contributed by atoms with Gasteiger partial charge in [0.25, 0.3) is 15.9 Å². The van der Waals surface area contributed by atoms with E-state index in [0.717, 1.165) is 38.3 Å². The molecular formula is C26H30N4O3S. The molecule has 0 radical (unpaired) electrons. The van der Waals surface area contributed by atoms with Crippen molar-refractivity contribution in [2.24, 2.45) is 0 Å². The van der Waals surface area contributed by atoms with E-state index in [1.54, 1.807) is 42.5 Å². The van der Waals surface area contributed by atoms with Gasteiger partial charge in [0.05, 0.1) is 4.90 Å². The van der Waals surface area contributed by atoms with Crippen LogP contribution < -0.4 is 10.0 Å². The molecule has 3 aromatic rings.